The molecule has 9 heteroatoms. The van der Waals surface area contributed by atoms with Crippen LogP contribution in [0.25, 0.3) is 0 Å². The van der Waals surface area contributed by atoms with E-state index in [0.29, 0.717) is 15.6 Å². The van der Waals surface area contributed by atoms with Gasteiger partial charge in [-0.1, -0.05) is 35.3 Å². The van der Waals surface area contributed by atoms with Crippen molar-refractivity contribution in [2.75, 3.05) is 12.4 Å². The van der Waals surface area contributed by atoms with Gasteiger partial charge in [0.05, 0.1) is 12.2 Å². The maximum absolute atomic E-state index is 16.0. The van der Waals surface area contributed by atoms with Crippen LogP contribution in [0.4, 0.5) is 4.39 Å². The van der Waals surface area contributed by atoms with Crippen LogP contribution in [0.5, 0.6) is 0 Å². The van der Waals surface area contributed by atoms with Crippen LogP contribution in [0.3, 0.4) is 0 Å². The number of ketones is 1. The fourth-order valence-electron chi connectivity index (χ4n) is 3.65. The first kappa shape index (κ1) is 22.9. The van der Waals surface area contributed by atoms with Gasteiger partial charge in [-0.25, -0.2) is 4.39 Å². The summed E-state index contributed by atoms with van der Waals surface area (Å²) in [5, 5.41) is 14.4. The van der Waals surface area contributed by atoms with Gasteiger partial charge in [-0.3, -0.25) is 14.6 Å². The lowest BCUT2D eigenvalue weighted by Gasteiger charge is -2.39. The summed E-state index contributed by atoms with van der Waals surface area (Å²) in [4.78, 5) is 28.5. The van der Waals surface area contributed by atoms with E-state index in [9.17, 15) is 14.7 Å². The number of Topliss-reactive ketones (excluding diaryl/α,β-unsaturated/α-hetero) is 1. The molecule has 1 amide bonds. The largest absolute Gasteiger partial charge is 0.382 e. The standard InChI is InChI=1S/C21H20Cl3FN2O3/c22-11-18(29)27-12-20(30)7-8-21(25,15-2-1-9-26-19(15)20)17(28)6-4-13-3-5-14(23)10-16(13)24/h1-3,5,9-10,30H,4,6-8,11-12H2,(H,27,29)/t20-,21-/m0/s1. The molecule has 160 valence electrons. The molecule has 2 aromatic rings. The molecule has 0 aliphatic heterocycles. The van der Waals surface area contributed by atoms with Crippen molar-refractivity contribution in [1.82, 2.24) is 10.3 Å². The molecule has 1 aromatic carbocycles. The highest BCUT2D eigenvalue weighted by molar-refractivity contribution is 6.35. The van der Waals surface area contributed by atoms with Crippen LogP contribution in [0.1, 0.15) is 36.1 Å². The molecule has 1 heterocycles. The van der Waals surface area contributed by atoms with Crippen LogP contribution in [-0.4, -0.2) is 34.2 Å². The van der Waals surface area contributed by atoms with Gasteiger partial charge in [0.15, 0.2) is 11.5 Å². The Balaban J connectivity index is 1.82. The highest BCUT2D eigenvalue weighted by Crippen LogP contribution is 2.46. The van der Waals surface area contributed by atoms with E-state index in [1.165, 1.54) is 18.3 Å². The van der Waals surface area contributed by atoms with Crippen molar-refractivity contribution in [2.24, 2.45) is 0 Å². The Labute approximate surface area is 188 Å². The Hall–Kier alpha value is -1.73. The molecule has 1 aromatic heterocycles. The van der Waals surface area contributed by atoms with Crippen molar-refractivity contribution >= 4 is 46.5 Å². The Morgan fingerprint density at radius 3 is 2.70 bits per heavy atom. The number of nitrogens with zero attached hydrogens (tertiary/aromatic N) is 1. The minimum Gasteiger partial charge on any atom is -0.382 e. The summed E-state index contributed by atoms with van der Waals surface area (Å²) >= 11 is 17.5. The van der Waals surface area contributed by atoms with Gasteiger partial charge in [-0.15, -0.1) is 11.6 Å². The second kappa shape index (κ2) is 9.18. The molecule has 30 heavy (non-hydrogen) atoms. The van der Waals surface area contributed by atoms with Gasteiger partial charge in [0.1, 0.15) is 11.5 Å². The molecule has 0 bridgehead atoms. The first-order valence-electron chi connectivity index (χ1n) is 9.37. The lowest BCUT2D eigenvalue weighted by molar-refractivity contribution is -0.135. The van der Waals surface area contributed by atoms with Gasteiger partial charge >= 0.3 is 0 Å². The predicted octanol–water partition coefficient (Wildman–Crippen LogP) is 4.09. The number of hydrogen-bond donors (Lipinski definition) is 2. The van der Waals surface area contributed by atoms with Crippen LogP contribution < -0.4 is 5.32 Å². The van der Waals surface area contributed by atoms with E-state index < -0.39 is 23.0 Å². The first-order valence-corrected chi connectivity index (χ1v) is 10.7. The topological polar surface area (TPSA) is 79.3 Å². The number of nitrogens with one attached hydrogen (secondary N) is 1. The highest BCUT2D eigenvalue weighted by Gasteiger charge is 2.51. The molecule has 0 unspecified atom stereocenters. The van der Waals surface area contributed by atoms with E-state index in [2.05, 4.69) is 10.3 Å². The number of aliphatic hydroxyl groups is 1. The van der Waals surface area contributed by atoms with Gasteiger partial charge in [0.25, 0.3) is 0 Å². The Morgan fingerprint density at radius 1 is 1.23 bits per heavy atom. The number of aromatic nitrogens is 1. The fraction of sp³-hybridized carbons (Fsp3) is 0.381. The molecule has 0 fully saturated rings. The summed E-state index contributed by atoms with van der Waals surface area (Å²) in [6, 6.07) is 7.90. The summed E-state index contributed by atoms with van der Waals surface area (Å²) in [5.74, 6) is -1.34. The zero-order valence-corrected chi connectivity index (χ0v) is 18.2. The summed E-state index contributed by atoms with van der Waals surface area (Å²) in [5.41, 5.74) is -3.11. The quantitative estimate of drug-likeness (QED) is 0.594. The molecule has 0 radical (unpaired) electrons. The second-order valence-electron chi connectivity index (χ2n) is 7.30. The molecule has 2 N–H and O–H groups in total. The van der Waals surface area contributed by atoms with Crippen LogP contribution in [0.15, 0.2) is 36.5 Å². The van der Waals surface area contributed by atoms with Gasteiger partial charge in [0, 0.05) is 28.2 Å². The molecule has 0 saturated carbocycles. The third kappa shape index (κ3) is 4.62. The molecule has 0 spiro atoms. The zero-order valence-electron chi connectivity index (χ0n) is 15.9. The maximum Gasteiger partial charge on any atom is 0.235 e. The minimum absolute atomic E-state index is 0.0195. The normalized spacial score (nSPS) is 23.0. The van der Waals surface area contributed by atoms with Crippen molar-refractivity contribution in [2.45, 2.75) is 37.0 Å². The van der Waals surface area contributed by atoms with Crippen LogP contribution in [-0.2, 0) is 27.3 Å². The Bertz CT molecular complexity index is 974. The molecule has 3 rings (SSSR count). The first-order chi connectivity index (χ1) is 14.2. The Kier molecular flexibility index (Phi) is 7.02. The molecule has 1 aliphatic carbocycles. The van der Waals surface area contributed by atoms with E-state index >= 15 is 4.39 Å². The SMILES string of the molecule is O=C(CCl)NC[C@@]1(O)CC[C@@](F)(C(=O)CCc2ccc(Cl)cc2Cl)c2cccnc21. The number of alkyl halides is 2. The van der Waals surface area contributed by atoms with Crippen molar-refractivity contribution in [3.63, 3.8) is 0 Å². The summed E-state index contributed by atoms with van der Waals surface area (Å²) in [6.07, 6.45) is 1.28. The average molecular weight is 474 g/mol. The van der Waals surface area contributed by atoms with Gasteiger partial charge < -0.3 is 10.4 Å². The number of amides is 1. The third-order valence-corrected chi connectivity index (χ3v) is 6.17. The van der Waals surface area contributed by atoms with Crippen LogP contribution in [0.2, 0.25) is 10.0 Å². The van der Waals surface area contributed by atoms with Gasteiger partial charge in [0.2, 0.25) is 5.91 Å². The summed E-state index contributed by atoms with van der Waals surface area (Å²) < 4.78 is 16.0. The van der Waals surface area contributed by atoms with Crippen molar-refractivity contribution < 1.29 is 19.1 Å². The molecule has 1 aliphatic rings. The number of benzene rings is 1. The average Bonchev–Trinajstić information content (AvgIpc) is 2.74. The second-order valence-corrected chi connectivity index (χ2v) is 8.41. The lowest BCUT2D eigenvalue weighted by Crippen LogP contribution is -2.49. The van der Waals surface area contributed by atoms with Crippen molar-refractivity contribution in [1.29, 1.82) is 0 Å². The summed E-state index contributed by atoms with van der Waals surface area (Å²) in [6.45, 7) is -0.173. The maximum atomic E-state index is 16.0. The van der Waals surface area contributed by atoms with E-state index in [-0.39, 0.29) is 49.4 Å². The number of pyridine rings is 1. The lowest BCUT2D eigenvalue weighted by atomic mass is 9.72. The number of hydrogen-bond acceptors (Lipinski definition) is 4. The molecule has 2 atom stereocenters. The molecular weight excluding hydrogens is 454 g/mol. The van der Waals surface area contributed by atoms with Crippen molar-refractivity contribution in [3.8, 4) is 0 Å². The van der Waals surface area contributed by atoms with E-state index in [0.717, 1.165) is 0 Å². The zero-order chi connectivity index (χ0) is 21.9. The number of fused-ring (bicyclic) bond motifs is 1. The van der Waals surface area contributed by atoms with Crippen molar-refractivity contribution in [3.05, 3.63) is 63.4 Å². The fourth-order valence-corrected chi connectivity index (χ4v) is 4.25. The molecule has 5 nitrogen and oxygen atoms in total. The third-order valence-electron chi connectivity index (χ3n) is 5.34. The summed E-state index contributed by atoms with van der Waals surface area (Å²) in [7, 11) is 0. The monoisotopic (exact) mass is 472 g/mol. The van der Waals surface area contributed by atoms with E-state index in [4.69, 9.17) is 34.8 Å². The smallest absolute Gasteiger partial charge is 0.235 e. The number of halogens is 4. The number of carbonyl (C=O) groups excluding carboxylic acids is 2. The number of rotatable bonds is 7. The number of carbonyl (C=O) groups is 2. The van der Waals surface area contributed by atoms with Crippen LogP contribution in [0, 0.1) is 0 Å². The highest BCUT2D eigenvalue weighted by atomic mass is 35.5. The molecular formula is C21H20Cl3FN2O3. The van der Waals surface area contributed by atoms with E-state index in [1.807, 2.05) is 0 Å². The van der Waals surface area contributed by atoms with Gasteiger partial charge in [-0.05, 0) is 43.0 Å². The predicted molar refractivity (Wildman–Crippen MR) is 114 cm³/mol. The number of aryl methyl sites for hydroxylation is 1. The Morgan fingerprint density at radius 2 is 2.00 bits per heavy atom. The van der Waals surface area contributed by atoms with Crippen LogP contribution >= 0.6 is 34.8 Å². The van der Waals surface area contributed by atoms with Gasteiger partial charge in [-0.2, -0.15) is 0 Å². The van der Waals surface area contributed by atoms with E-state index in [1.54, 1.807) is 18.2 Å². The minimum atomic E-state index is -2.29. The molecule has 0 saturated heterocycles.